The van der Waals surface area contributed by atoms with E-state index in [1.165, 1.54) is 38.4 Å². The van der Waals surface area contributed by atoms with E-state index in [4.69, 9.17) is 0 Å². The fourth-order valence-corrected chi connectivity index (χ4v) is 2.73. The van der Waals surface area contributed by atoms with Crippen LogP contribution >= 0.6 is 0 Å². The molecular weight excluding hydrogens is 268 g/mol. The maximum atomic E-state index is 10.9. The van der Waals surface area contributed by atoms with E-state index in [0.29, 0.717) is 17.3 Å². The summed E-state index contributed by atoms with van der Waals surface area (Å²) in [5.41, 5.74) is 0.711. The van der Waals surface area contributed by atoms with E-state index in [2.05, 4.69) is 22.1 Å². The minimum absolute atomic E-state index is 0.121. The SMILES string of the molecule is Cc1cnc(NCC(C)CN2CCCCC2)cc1[N+](=O)[O-]. The summed E-state index contributed by atoms with van der Waals surface area (Å²) in [4.78, 5) is 17.3. The first-order valence-electron chi connectivity index (χ1n) is 7.63. The molecule has 21 heavy (non-hydrogen) atoms. The van der Waals surface area contributed by atoms with Gasteiger partial charge < -0.3 is 10.2 Å². The van der Waals surface area contributed by atoms with Crippen LogP contribution in [0.1, 0.15) is 31.7 Å². The van der Waals surface area contributed by atoms with Crippen LogP contribution in [0.4, 0.5) is 11.5 Å². The molecule has 6 heteroatoms. The van der Waals surface area contributed by atoms with E-state index < -0.39 is 0 Å². The molecule has 116 valence electrons. The summed E-state index contributed by atoms with van der Waals surface area (Å²) in [6.07, 6.45) is 5.49. The molecule has 0 spiro atoms. The smallest absolute Gasteiger partial charge is 0.277 e. The van der Waals surface area contributed by atoms with Crippen LogP contribution in [-0.2, 0) is 0 Å². The third-order valence-corrected chi connectivity index (χ3v) is 3.92. The van der Waals surface area contributed by atoms with Gasteiger partial charge in [-0.05, 0) is 38.8 Å². The summed E-state index contributed by atoms with van der Waals surface area (Å²) >= 11 is 0. The molecule has 6 nitrogen and oxygen atoms in total. The van der Waals surface area contributed by atoms with Crippen molar-refractivity contribution in [1.82, 2.24) is 9.88 Å². The van der Waals surface area contributed by atoms with Crippen molar-refractivity contribution in [2.75, 3.05) is 31.5 Å². The molecule has 0 aliphatic carbocycles. The molecule has 1 unspecified atom stereocenters. The first-order chi connectivity index (χ1) is 10.1. The van der Waals surface area contributed by atoms with Gasteiger partial charge in [0.15, 0.2) is 0 Å². The first-order valence-corrected chi connectivity index (χ1v) is 7.63. The normalized spacial score (nSPS) is 17.4. The lowest BCUT2D eigenvalue weighted by atomic mass is 10.1. The molecule has 2 heterocycles. The van der Waals surface area contributed by atoms with Crippen molar-refractivity contribution in [3.05, 3.63) is 27.9 Å². The Morgan fingerprint density at radius 2 is 2.14 bits per heavy atom. The van der Waals surface area contributed by atoms with Crippen molar-refractivity contribution in [1.29, 1.82) is 0 Å². The maximum absolute atomic E-state index is 10.9. The first kappa shape index (κ1) is 15.7. The number of hydrogen-bond donors (Lipinski definition) is 1. The van der Waals surface area contributed by atoms with Gasteiger partial charge in [0.1, 0.15) is 5.82 Å². The Balaban J connectivity index is 1.84. The summed E-state index contributed by atoms with van der Waals surface area (Å²) in [7, 11) is 0. The van der Waals surface area contributed by atoms with E-state index >= 15 is 0 Å². The van der Waals surface area contributed by atoms with Gasteiger partial charge in [0.25, 0.3) is 5.69 Å². The lowest BCUT2D eigenvalue weighted by Crippen LogP contribution is -2.35. The third kappa shape index (κ3) is 4.67. The van der Waals surface area contributed by atoms with Crippen LogP contribution in [0.25, 0.3) is 0 Å². The van der Waals surface area contributed by atoms with Gasteiger partial charge in [0.2, 0.25) is 0 Å². The van der Waals surface area contributed by atoms with Gasteiger partial charge in [0.05, 0.1) is 11.0 Å². The zero-order valence-electron chi connectivity index (χ0n) is 12.8. The van der Waals surface area contributed by atoms with Crippen molar-refractivity contribution in [2.24, 2.45) is 5.92 Å². The summed E-state index contributed by atoms with van der Waals surface area (Å²) in [5, 5.41) is 14.1. The van der Waals surface area contributed by atoms with E-state index in [1.807, 2.05) is 0 Å². The number of aromatic nitrogens is 1. The molecule has 1 fully saturated rings. The fraction of sp³-hybridized carbons (Fsp3) is 0.667. The molecule has 1 aromatic rings. The lowest BCUT2D eigenvalue weighted by Gasteiger charge is -2.29. The predicted molar refractivity (Wildman–Crippen MR) is 83.6 cm³/mol. The maximum Gasteiger partial charge on any atom is 0.277 e. The zero-order valence-corrected chi connectivity index (χ0v) is 12.8. The predicted octanol–water partition coefficient (Wildman–Crippen LogP) is 2.83. The molecule has 0 bridgehead atoms. The van der Waals surface area contributed by atoms with Gasteiger partial charge in [-0.25, -0.2) is 4.98 Å². The number of nitrogens with zero attached hydrogens (tertiary/aromatic N) is 3. The highest BCUT2D eigenvalue weighted by Gasteiger charge is 2.15. The zero-order chi connectivity index (χ0) is 15.2. The van der Waals surface area contributed by atoms with Gasteiger partial charge in [-0.3, -0.25) is 10.1 Å². The third-order valence-electron chi connectivity index (χ3n) is 3.92. The number of rotatable bonds is 6. The molecule has 1 aromatic heterocycles. The molecule has 0 amide bonds. The highest BCUT2D eigenvalue weighted by atomic mass is 16.6. The van der Waals surface area contributed by atoms with Crippen molar-refractivity contribution >= 4 is 11.5 Å². The van der Waals surface area contributed by atoms with Crippen LogP contribution in [0.15, 0.2) is 12.3 Å². The number of nitrogens with one attached hydrogen (secondary N) is 1. The summed E-state index contributed by atoms with van der Waals surface area (Å²) in [6.45, 7) is 8.14. The molecule has 2 rings (SSSR count). The fourth-order valence-electron chi connectivity index (χ4n) is 2.73. The number of likely N-dealkylation sites (tertiary alicyclic amines) is 1. The second-order valence-electron chi connectivity index (χ2n) is 5.96. The topological polar surface area (TPSA) is 71.3 Å². The molecule has 0 saturated carbocycles. The number of piperidine rings is 1. The molecule has 0 aromatic carbocycles. The van der Waals surface area contributed by atoms with Gasteiger partial charge in [-0.2, -0.15) is 0 Å². The van der Waals surface area contributed by atoms with Crippen LogP contribution in [0.5, 0.6) is 0 Å². The second-order valence-corrected chi connectivity index (χ2v) is 5.96. The Morgan fingerprint density at radius 1 is 1.43 bits per heavy atom. The number of anilines is 1. The van der Waals surface area contributed by atoms with Crippen LogP contribution in [-0.4, -0.2) is 41.0 Å². The van der Waals surface area contributed by atoms with Gasteiger partial charge in [-0.15, -0.1) is 0 Å². The Morgan fingerprint density at radius 3 is 2.81 bits per heavy atom. The Hall–Kier alpha value is -1.69. The van der Waals surface area contributed by atoms with Gasteiger partial charge in [-0.1, -0.05) is 13.3 Å². The number of nitro groups is 1. The van der Waals surface area contributed by atoms with Crippen molar-refractivity contribution in [3.63, 3.8) is 0 Å². The Bertz CT molecular complexity index is 487. The molecule has 0 radical (unpaired) electrons. The summed E-state index contributed by atoms with van der Waals surface area (Å²) in [6, 6.07) is 1.52. The van der Waals surface area contributed by atoms with Crippen LogP contribution in [0.3, 0.4) is 0 Å². The van der Waals surface area contributed by atoms with Gasteiger partial charge >= 0.3 is 0 Å². The minimum Gasteiger partial charge on any atom is -0.370 e. The minimum atomic E-state index is -0.362. The number of hydrogen-bond acceptors (Lipinski definition) is 5. The van der Waals surface area contributed by atoms with Crippen molar-refractivity contribution in [2.45, 2.75) is 33.1 Å². The van der Waals surface area contributed by atoms with Crippen LogP contribution < -0.4 is 5.32 Å². The highest BCUT2D eigenvalue weighted by Crippen LogP contribution is 2.20. The summed E-state index contributed by atoms with van der Waals surface area (Å²) in [5.74, 6) is 1.07. The monoisotopic (exact) mass is 292 g/mol. The van der Waals surface area contributed by atoms with E-state index in [0.717, 1.165) is 13.1 Å². The van der Waals surface area contributed by atoms with Gasteiger partial charge in [0, 0.05) is 24.8 Å². The lowest BCUT2D eigenvalue weighted by molar-refractivity contribution is -0.385. The van der Waals surface area contributed by atoms with Crippen LogP contribution in [0, 0.1) is 23.0 Å². The standard InChI is InChI=1S/C15H24N4O2/c1-12(11-18-6-4-3-5-7-18)9-16-15-8-14(19(20)21)13(2)10-17-15/h8,10,12H,3-7,9,11H2,1-2H3,(H,16,17). The molecule has 1 N–H and O–H groups in total. The average molecular weight is 292 g/mol. The van der Waals surface area contributed by atoms with Crippen molar-refractivity contribution < 1.29 is 4.92 Å². The van der Waals surface area contributed by atoms with Crippen molar-refractivity contribution in [3.8, 4) is 0 Å². The second kappa shape index (κ2) is 7.36. The Kier molecular flexibility index (Phi) is 5.50. The molecular formula is C15H24N4O2. The van der Waals surface area contributed by atoms with E-state index in [-0.39, 0.29) is 10.6 Å². The highest BCUT2D eigenvalue weighted by molar-refractivity contribution is 5.48. The largest absolute Gasteiger partial charge is 0.370 e. The Labute approximate surface area is 125 Å². The van der Waals surface area contributed by atoms with Crippen LogP contribution in [0.2, 0.25) is 0 Å². The number of pyridine rings is 1. The molecule has 1 atom stereocenters. The quantitative estimate of drug-likeness (QED) is 0.645. The molecule has 1 aliphatic heterocycles. The molecule has 1 aliphatic rings. The molecule has 1 saturated heterocycles. The van der Waals surface area contributed by atoms with E-state index in [1.54, 1.807) is 13.1 Å². The van der Waals surface area contributed by atoms with E-state index in [9.17, 15) is 10.1 Å². The number of aryl methyl sites for hydroxylation is 1. The average Bonchev–Trinajstić information content (AvgIpc) is 2.47. The summed E-state index contributed by atoms with van der Waals surface area (Å²) < 4.78 is 0.